The summed E-state index contributed by atoms with van der Waals surface area (Å²) in [6.07, 6.45) is 3.11. The molecule has 1 aromatic carbocycles. The maximum absolute atomic E-state index is 12.4. The average Bonchev–Trinajstić information content (AvgIpc) is 3.10. The monoisotopic (exact) mass is 341 g/mol. The first-order valence-electron chi connectivity index (χ1n) is 8.65. The van der Waals surface area contributed by atoms with Crippen LogP contribution in [0.5, 0.6) is 0 Å². The molecule has 1 saturated heterocycles. The molecule has 6 nitrogen and oxygen atoms in total. The van der Waals surface area contributed by atoms with Crippen LogP contribution in [0.3, 0.4) is 0 Å². The Morgan fingerprint density at radius 2 is 1.88 bits per heavy atom. The zero-order valence-corrected chi connectivity index (χ0v) is 14.6. The minimum atomic E-state index is -0.569. The molecule has 3 rings (SSSR count). The lowest BCUT2D eigenvalue weighted by molar-refractivity contribution is -0.140. The first-order chi connectivity index (χ1) is 12.1. The number of ether oxygens (including phenoxy) is 1. The lowest BCUT2D eigenvalue weighted by Crippen LogP contribution is -2.49. The molecule has 0 aliphatic carbocycles. The number of likely N-dealkylation sites (tertiary alicyclic amines) is 1. The second-order valence-corrected chi connectivity index (χ2v) is 6.54. The summed E-state index contributed by atoms with van der Waals surface area (Å²) in [5, 5.41) is 6.80. The molecule has 1 aromatic heterocycles. The highest BCUT2D eigenvalue weighted by Crippen LogP contribution is 2.22. The summed E-state index contributed by atoms with van der Waals surface area (Å²) in [4.78, 5) is 26.4. The van der Waals surface area contributed by atoms with Gasteiger partial charge in [0.2, 0.25) is 0 Å². The van der Waals surface area contributed by atoms with Gasteiger partial charge in [-0.3, -0.25) is 9.89 Å². The van der Waals surface area contributed by atoms with Crippen LogP contribution in [0.2, 0.25) is 0 Å². The Bertz CT molecular complexity index is 731. The van der Waals surface area contributed by atoms with Crippen molar-refractivity contribution < 1.29 is 14.3 Å². The van der Waals surface area contributed by atoms with Crippen LogP contribution in [0.4, 0.5) is 0 Å². The second-order valence-electron chi connectivity index (χ2n) is 6.54. The van der Waals surface area contributed by atoms with E-state index in [-0.39, 0.29) is 30.3 Å². The van der Waals surface area contributed by atoms with Crippen LogP contribution in [0.1, 0.15) is 43.6 Å². The highest BCUT2D eigenvalue weighted by molar-refractivity contribution is 5.90. The van der Waals surface area contributed by atoms with E-state index in [1.165, 1.54) is 0 Å². The molecule has 0 unspecified atom stereocenters. The maximum atomic E-state index is 12.4. The van der Waals surface area contributed by atoms with Crippen LogP contribution < -0.4 is 0 Å². The highest BCUT2D eigenvalue weighted by atomic mass is 16.5. The normalized spacial score (nSPS) is 20.3. The fourth-order valence-electron chi connectivity index (χ4n) is 3.38. The molecule has 1 amide bonds. The number of nitrogens with zero attached hydrogens (tertiary/aromatic N) is 2. The van der Waals surface area contributed by atoms with Crippen molar-refractivity contribution in [2.45, 2.75) is 45.2 Å². The molecule has 2 heterocycles. The van der Waals surface area contributed by atoms with Crippen LogP contribution in [0.25, 0.3) is 11.3 Å². The van der Waals surface area contributed by atoms with Gasteiger partial charge in [-0.2, -0.15) is 5.10 Å². The van der Waals surface area contributed by atoms with E-state index < -0.39 is 5.97 Å². The zero-order chi connectivity index (χ0) is 17.8. The van der Waals surface area contributed by atoms with E-state index in [0.29, 0.717) is 5.69 Å². The fraction of sp³-hybridized carbons (Fsp3) is 0.421. The first-order valence-corrected chi connectivity index (χ1v) is 8.65. The van der Waals surface area contributed by atoms with Crippen LogP contribution in [0.15, 0.2) is 36.4 Å². The number of esters is 1. The van der Waals surface area contributed by atoms with Crippen molar-refractivity contribution in [1.29, 1.82) is 0 Å². The van der Waals surface area contributed by atoms with Crippen molar-refractivity contribution in [1.82, 2.24) is 15.1 Å². The first kappa shape index (κ1) is 17.2. The van der Waals surface area contributed by atoms with Crippen LogP contribution in [0, 0.1) is 0 Å². The maximum Gasteiger partial charge on any atom is 0.356 e. The Balaban J connectivity index is 1.59. The molecule has 6 heteroatoms. The Labute approximate surface area is 147 Å². The molecule has 0 bridgehead atoms. The topological polar surface area (TPSA) is 75.3 Å². The number of nitrogens with one attached hydrogen (secondary N) is 1. The zero-order valence-electron chi connectivity index (χ0n) is 14.6. The van der Waals surface area contributed by atoms with Gasteiger partial charge in [-0.15, -0.1) is 0 Å². The molecule has 0 spiro atoms. The second kappa shape index (κ2) is 7.51. The van der Waals surface area contributed by atoms with Crippen molar-refractivity contribution in [3.05, 3.63) is 42.1 Å². The SMILES string of the molecule is C[C@@H]1CCC[C@@H](C)N1C(=O)COC(=O)c1cc(-c2ccccc2)n[nH]1. The summed E-state index contributed by atoms with van der Waals surface area (Å²) in [7, 11) is 0. The molecule has 0 saturated carbocycles. The molecule has 1 aliphatic rings. The summed E-state index contributed by atoms with van der Waals surface area (Å²) < 4.78 is 5.19. The minimum absolute atomic E-state index is 0.143. The number of amides is 1. The van der Waals surface area contributed by atoms with Gasteiger partial charge in [-0.05, 0) is 39.2 Å². The third-order valence-corrected chi connectivity index (χ3v) is 4.68. The van der Waals surface area contributed by atoms with Crippen molar-refractivity contribution >= 4 is 11.9 Å². The van der Waals surface area contributed by atoms with Gasteiger partial charge in [-0.1, -0.05) is 30.3 Å². The number of carbonyl (C=O) groups is 2. The van der Waals surface area contributed by atoms with Gasteiger partial charge < -0.3 is 9.64 Å². The number of rotatable bonds is 4. The smallest absolute Gasteiger partial charge is 0.356 e. The Morgan fingerprint density at radius 1 is 1.20 bits per heavy atom. The predicted octanol–water partition coefficient (Wildman–Crippen LogP) is 3.02. The molecule has 132 valence electrons. The van der Waals surface area contributed by atoms with Crippen molar-refractivity contribution in [2.24, 2.45) is 0 Å². The van der Waals surface area contributed by atoms with Crippen molar-refractivity contribution in [2.75, 3.05) is 6.61 Å². The molecule has 2 atom stereocenters. The van der Waals surface area contributed by atoms with Crippen molar-refractivity contribution in [3.63, 3.8) is 0 Å². The van der Waals surface area contributed by atoms with Gasteiger partial charge in [-0.25, -0.2) is 4.79 Å². The van der Waals surface area contributed by atoms with E-state index in [0.717, 1.165) is 24.8 Å². The number of H-pyrrole nitrogens is 1. The average molecular weight is 341 g/mol. The summed E-state index contributed by atoms with van der Waals surface area (Å²) >= 11 is 0. The van der Waals surface area contributed by atoms with E-state index in [9.17, 15) is 9.59 Å². The van der Waals surface area contributed by atoms with Gasteiger partial charge in [0.25, 0.3) is 5.91 Å². The Kier molecular flexibility index (Phi) is 5.16. The number of benzene rings is 1. The van der Waals surface area contributed by atoms with Gasteiger partial charge in [0, 0.05) is 17.6 Å². The highest BCUT2D eigenvalue weighted by Gasteiger charge is 2.29. The molecule has 25 heavy (non-hydrogen) atoms. The lowest BCUT2D eigenvalue weighted by atomic mass is 9.97. The van der Waals surface area contributed by atoms with Gasteiger partial charge in [0.05, 0.1) is 5.69 Å². The van der Waals surface area contributed by atoms with Crippen LogP contribution >= 0.6 is 0 Å². The number of aromatic nitrogens is 2. The van der Waals surface area contributed by atoms with Gasteiger partial charge in [0.1, 0.15) is 5.69 Å². The standard InChI is InChI=1S/C19H23N3O3/c1-13-7-6-8-14(2)22(13)18(23)12-25-19(24)17-11-16(20-21-17)15-9-4-3-5-10-15/h3-5,9-11,13-14H,6-8,12H2,1-2H3,(H,20,21)/t13-,14-/m1/s1. The van der Waals surface area contributed by atoms with E-state index in [1.807, 2.05) is 49.1 Å². The summed E-state index contributed by atoms with van der Waals surface area (Å²) in [6, 6.07) is 11.6. The molecular formula is C19H23N3O3. The number of carbonyl (C=O) groups excluding carboxylic acids is 2. The predicted molar refractivity (Wildman–Crippen MR) is 93.9 cm³/mol. The number of hydrogen-bond donors (Lipinski definition) is 1. The third kappa shape index (κ3) is 3.90. The van der Waals surface area contributed by atoms with Crippen LogP contribution in [-0.4, -0.2) is 45.7 Å². The quantitative estimate of drug-likeness (QED) is 0.868. The molecule has 1 fully saturated rings. The third-order valence-electron chi connectivity index (χ3n) is 4.68. The molecule has 1 aliphatic heterocycles. The summed E-state index contributed by atoms with van der Waals surface area (Å²) in [5.41, 5.74) is 1.81. The van der Waals surface area contributed by atoms with E-state index in [1.54, 1.807) is 6.07 Å². The van der Waals surface area contributed by atoms with E-state index >= 15 is 0 Å². The van der Waals surface area contributed by atoms with Gasteiger partial charge in [0.15, 0.2) is 6.61 Å². The number of aromatic amines is 1. The Morgan fingerprint density at radius 3 is 2.56 bits per heavy atom. The van der Waals surface area contributed by atoms with E-state index in [2.05, 4.69) is 10.2 Å². The van der Waals surface area contributed by atoms with Crippen LogP contribution in [-0.2, 0) is 9.53 Å². The van der Waals surface area contributed by atoms with Gasteiger partial charge >= 0.3 is 5.97 Å². The number of hydrogen-bond acceptors (Lipinski definition) is 4. The molecule has 2 aromatic rings. The largest absolute Gasteiger partial charge is 0.451 e. The minimum Gasteiger partial charge on any atom is -0.451 e. The summed E-state index contributed by atoms with van der Waals surface area (Å²) in [5.74, 6) is -0.712. The summed E-state index contributed by atoms with van der Waals surface area (Å²) in [6.45, 7) is 3.83. The Hall–Kier alpha value is -2.63. The lowest BCUT2D eigenvalue weighted by Gasteiger charge is -2.38. The molecular weight excluding hydrogens is 318 g/mol. The molecule has 0 radical (unpaired) electrons. The fourth-order valence-corrected chi connectivity index (χ4v) is 3.38. The molecule has 1 N–H and O–H groups in total. The van der Waals surface area contributed by atoms with Crippen molar-refractivity contribution in [3.8, 4) is 11.3 Å². The number of piperidine rings is 1. The van der Waals surface area contributed by atoms with E-state index in [4.69, 9.17) is 4.74 Å².